The first-order valence-corrected chi connectivity index (χ1v) is 9.63. The number of fused-ring (bicyclic) bond motifs is 1. The average molecular weight is 367 g/mol. The van der Waals surface area contributed by atoms with Crippen molar-refractivity contribution in [3.63, 3.8) is 0 Å². The molecule has 0 N–H and O–H groups in total. The molecule has 27 heavy (non-hydrogen) atoms. The highest BCUT2D eigenvalue weighted by Gasteiger charge is 2.34. The van der Waals surface area contributed by atoms with E-state index >= 15 is 0 Å². The third kappa shape index (κ3) is 3.89. The lowest BCUT2D eigenvalue weighted by molar-refractivity contribution is -0.130. The van der Waals surface area contributed by atoms with Gasteiger partial charge in [-0.1, -0.05) is 29.4 Å². The summed E-state index contributed by atoms with van der Waals surface area (Å²) in [4.78, 5) is 19.0. The highest BCUT2D eigenvalue weighted by atomic mass is 16.5. The Hall–Kier alpha value is -2.63. The normalized spacial score (nSPS) is 21.3. The third-order valence-electron chi connectivity index (χ3n) is 5.57. The maximum absolute atomic E-state index is 12.5. The third-order valence-corrected chi connectivity index (χ3v) is 5.57. The number of aromatic nitrogens is 2. The highest BCUT2D eigenvalue weighted by molar-refractivity contribution is 5.76. The summed E-state index contributed by atoms with van der Waals surface area (Å²) >= 11 is 0. The molecule has 142 valence electrons. The number of para-hydroxylation sites is 1. The van der Waals surface area contributed by atoms with Crippen LogP contribution in [0.1, 0.15) is 31.6 Å². The van der Waals surface area contributed by atoms with Crippen LogP contribution in [0.5, 0.6) is 5.75 Å². The second kappa shape index (κ2) is 7.94. The van der Waals surface area contributed by atoms with Crippen molar-refractivity contribution in [1.29, 1.82) is 0 Å². The van der Waals surface area contributed by atoms with Gasteiger partial charge in [-0.25, -0.2) is 0 Å². The summed E-state index contributed by atoms with van der Waals surface area (Å²) in [5.74, 6) is 3.34. The maximum atomic E-state index is 12.5. The number of likely N-dealkylation sites (tertiary alicyclic amines) is 1. The number of ether oxygens (including phenoxy) is 1. The summed E-state index contributed by atoms with van der Waals surface area (Å²) in [6.45, 7) is 1.82. The van der Waals surface area contributed by atoms with E-state index in [4.69, 9.17) is 9.26 Å². The minimum Gasteiger partial charge on any atom is -0.496 e. The molecule has 2 heterocycles. The number of nitrogens with zero attached hydrogens (tertiary/aromatic N) is 3. The summed E-state index contributed by atoms with van der Waals surface area (Å²) in [7, 11) is 1.62. The minimum atomic E-state index is 0.244. The van der Waals surface area contributed by atoms with Crippen molar-refractivity contribution in [2.45, 2.75) is 32.1 Å². The lowest BCUT2D eigenvalue weighted by Crippen LogP contribution is -2.28. The van der Waals surface area contributed by atoms with Crippen LogP contribution in [-0.2, 0) is 11.2 Å². The number of amides is 1. The van der Waals surface area contributed by atoms with Gasteiger partial charge in [-0.15, -0.1) is 0 Å². The second-order valence-electron chi connectivity index (χ2n) is 7.33. The zero-order valence-corrected chi connectivity index (χ0v) is 15.6. The van der Waals surface area contributed by atoms with E-state index in [2.05, 4.69) is 22.3 Å². The van der Waals surface area contributed by atoms with E-state index in [0.717, 1.165) is 37.9 Å². The number of methoxy groups -OCH3 is 1. The zero-order chi connectivity index (χ0) is 18.6. The molecular formula is C21H25N3O3. The molecule has 0 unspecified atom stereocenters. The molecule has 1 saturated heterocycles. The molecule has 1 amide bonds. The summed E-state index contributed by atoms with van der Waals surface area (Å²) in [6.07, 6.45) is 8.59. The Labute approximate surface area is 159 Å². The van der Waals surface area contributed by atoms with Crippen molar-refractivity contribution < 1.29 is 14.1 Å². The molecule has 6 heteroatoms. The molecule has 2 atom stereocenters. The SMILES string of the molecule is COc1ccccc1-c1noc(CCCC(=O)N2C[C@H]3CC=CC[C@H]3C2)n1. The van der Waals surface area contributed by atoms with E-state index in [1.54, 1.807) is 7.11 Å². The van der Waals surface area contributed by atoms with Crippen LogP contribution in [0.3, 0.4) is 0 Å². The second-order valence-corrected chi connectivity index (χ2v) is 7.33. The maximum Gasteiger partial charge on any atom is 0.226 e. The molecule has 1 aromatic carbocycles. The van der Waals surface area contributed by atoms with Crippen LogP contribution in [0.25, 0.3) is 11.4 Å². The number of hydrogen-bond donors (Lipinski definition) is 0. The lowest BCUT2D eigenvalue weighted by Gasteiger charge is -2.17. The minimum absolute atomic E-state index is 0.244. The first-order chi connectivity index (χ1) is 13.2. The van der Waals surface area contributed by atoms with Gasteiger partial charge in [0, 0.05) is 25.9 Å². The van der Waals surface area contributed by atoms with Gasteiger partial charge in [0.25, 0.3) is 0 Å². The first kappa shape index (κ1) is 17.8. The molecule has 0 bridgehead atoms. The lowest BCUT2D eigenvalue weighted by atomic mass is 9.86. The first-order valence-electron chi connectivity index (χ1n) is 9.63. The molecule has 0 saturated carbocycles. The van der Waals surface area contributed by atoms with Crippen LogP contribution in [0.4, 0.5) is 0 Å². The highest BCUT2D eigenvalue weighted by Crippen LogP contribution is 2.33. The van der Waals surface area contributed by atoms with Crippen LogP contribution in [-0.4, -0.2) is 41.1 Å². The summed E-state index contributed by atoms with van der Waals surface area (Å²) < 4.78 is 10.7. The van der Waals surface area contributed by atoms with Gasteiger partial charge in [-0.2, -0.15) is 4.98 Å². The van der Waals surface area contributed by atoms with Gasteiger partial charge in [-0.05, 0) is 43.2 Å². The van der Waals surface area contributed by atoms with E-state index in [-0.39, 0.29) is 5.91 Å². The van der Waals surface area contributed by atoms with Crippen molar-refractivity contribution in [2.24, 2.45) is 11.8 Å². The Morgan fingerprint density at radius 2 is 1.96 bits per heavy atom. The molecule has 1 aliphatic heterocycles. The molecule has 0 spiro atoms. The van der Waals surface area contributed by atoms with E-state index in [1.165, 1.54) is 0 Å². The fraction of sp³-hybridized carbons (Fsp3) is 0.476. The van der Waals surface area contributed by atoms with Crippen molar-refractivity contribution in [3.05, 3.63) is 42.3 Å². The van der Waals surface area contributed by atoms with Gasteiger partial charge in [0.05, 0.1) is 12.7 Å². The van der Waals surface area contributed by atoms with Crippen molar-refractivity contribution in [2.75, 3.05) is 20.2 Å². The van der Waals surface area contributed by atoms with Crippen LogP contribution < -0.4 is 4.74 Å². The van der Waals surface area contributed by atoms with Crippen LogP contribution in [0.2, 0.25) is 0 Å². The van der Waals surface area contributed by atoms with Gasteiger partial charge in [0.1, 0.15) is 5.75 Å². The standard InChI is InChI=1S/C21H25N3O3/c1-26-18-10-5-4-9-17(18)21-22-19(27-23-21)11-6-12-20(25)24-13-15-7-2-3-8-16(15)14-24/h2-5,9-10,15-16H,6-8,11-14H2,1H3/t15-,16+. The van der Waals surface area contributed by atoms with E-state index in [0.29, 0.717) is 42.1 Å². The predicted molar refractivity (Wildman–Crippen MR) is 101 cm³/mol. The Kier molecular flexibility index (Phi) is 5.23. The Bertz CT molecular complexity index is 814. The predicted octanol–water partition coefficient (Wildman–Crippen LogP) is 3.49. The van der Waals surface area contributed by atoms with Gasteiger partial charge < -0.3 is 14.2 Å². The Balaban J connectivity index is 1.29. The van der Waals surface area contributed by atoms with Crippen molar-refractivity contribution >= 4 is 5.91 Å². The zero-order valence-electron chi connectivity index (χ0n) is 15.6. The topological polar surface area (TPSA) is 68.5 Å². The molecule has 1 aliphatic carbocycles. The molecule has 2 aliphatic rings. The van der Waals surface area contributed by atoms with Crippen LogP contribution in [0, 0.1) is 11.8 Å². The summed E-state index contributed by atoms with van der Waals surface area (Å²) in [5, 5.41) is 4.05. The fourth-order valence-electron chi connectivity index (χ4n) is 4.06. The largest absolute Gasteiger partial charge is 0.496 e. The molecule has 2 aromatic rings. The number of aryl methyl sites for hydroxylation is 1. The number of benzene rings is 1. The fourth-order valence-corrected chi connectivity index (χ4v) is 4.06. The number of rotatable bonds is 6. The van der Waals surface area contributed by atoms with Crippen molar-refractivity contribution in [1.82, 2.24) is 15.0 Å². The van der Waals surface area contributed by atoms with E-state index < -0.39 is 0 Å². The van der Waals surface area contributed by atoms with Gasteiger partial charge in [-0.3, -0.25) is 4.79 Å². The molecule has 0 radical (unpaired) electrons. The number of carbonyl (C=O) groups is 1. The Morgan fingerprint density at radius 3 is 2.70 bits per heavy atom. The molecular weight excluding hydrogens is 342 g/mol. The summed E-state index contributed by atoms with van der Waals surface area (Å²) in [6, 6.07) is 7.58. The van der Waals surface area contributed by atoms with Crippen LogP contribution in [0.15, 0.2) is 40.9 Å². The van der Waals surface area contributed by atoms with Gasteiger partial charge in [0.2, 0.25) is 17.6 Å². The van der Waals surface area contributed by atoms with Gasteiger partial charge in [0.15, 0.2) is 0 Å². The Morgan fingerprint density at radius 1 is 1.22 bits per heavy atom. The number of hydrogen-bond acceptors (Lipinski definition) is 5. The molecule has 1 fully saturated rings. The smallest absolute Gasteiger partial charge is 0.226 e. The van der Waals surface area contributed by atoms with Gasteiger partial charge >= 0.3 is 0 Å². The van der Waals surface area contributed by atoms with Crippen LogP contribution >= 0.6 is 0 Å². The molecule has 4 rings (SSSR count). The number of allylic oxidation sites excluding steroid dienone is 2. The average Bonchev–Trinajstić information content (AvgIpc) is 3.35. The summed E-state index contributed by atoms with van der Waals surface area (Å²) in [5.41, 5.74) is 0.805. The van der Waals surface area contributed by atoms with E-state index in [1.807, 2.05) is 29.2 Å². The quantitative estimate of drug-likeness (QED) is 0.731. The molecule has 6 nitrogen and oxygen atoms in total. The van der Waals surface area contributed by atoms with Crippen molar-refractivity contribution in [3.8, 4) is 17.1 Å². The monoisotopic (exact) mass is 367 g/mol. The van der Waals surface area contributed by atoms with E-state index in [9.17, 15) is 4.79 Å². The molecule has 1 aromatic heterocycles. The number of carbonyl (C=O) groups excluding carboxylic acids is 1.